The molecule has 2 aliphatic heterocycles. The van der Waals surface area contributed by atoms with Gasteiger partial charge in [-0.2, -0.15) is 0 Å². The van der Waals surface area contributed by atoms with Crippen molar-refractivity contribution in [1.82, 2.24) is 10.2 Å². The third-order valence-electron chi connectivity index (χ3n) is 2.66. The summed E-state index contributed by atoms with van der Waals surface area (Å²) < 4.78 is 5.64. The maximum atomic E-state index is 5.64. The van der Waals surface area contributed by atoms with Crippen molar-refractivity contribution >= 4 is 0 Å². The van der Waals surface area contributed by atoms with Crippen molar-refractivity contribution < 1.29 is 4.74 Å². The van der Waals surface area contributed by atoms with Gasteiger partial charge in [-0.1, -0.05) is 0 Å². The lowest BCUT2D eigenvalue weighted by atomic mass is 10.3. The molecule has 0 amide bonds. The van der Waals surface area contributed by atoms with Gasteiger partial charge < -0.3 is 15.0 Å². The van der Waals surface area contributed by atoms with Crippen molar-refractivity contribution in [1.29, 1.82) is 0 Å². The highest BCUT2D eigenvalue weighted by atomic mass is 16.5. The maximum absolute atomic E-state index is 5.64. The number of ether oxygens (including phenoxy) is 1. The highest BCUT2D eigenvalue weighted by Gasteiger charge is 2.19. The summed E-state index contributed by atoms with van der Waals surface area (Å²) in [5.74, 6) is 0. The third-order valence-corrected chi connectivity index (χ3v) is 2.66. The van der Waals surface area contributed by atoms with Crippen molar-refractivity contribution in [2.75, 3.05) is 39.3 Å². The molecule has 0 aliphatic carbocycles. The van der Waals surface area contributed by atoms with E-state index in [4.69, 9.17) is 4.74 Å². The molecular weight excluding hydrogens is 152 g/mol. The van der Waals surface area contributed by atoms with Crippen molar-refractivity contribution in [2.45, 2.75) is 18.9 Å². The van der Waals surface area contributed by atoms with Gasteiger partial charge >= 0.3 is 0 Å². The molecule has 0 aromatic carbocycles. The molecule has 0 saturated carbocycles. The van der Waals surface area contributed by atoms with Gasteiger partial charge in [-0.25, -0.2) is 0 Å². The molecule has 12 heavy (non-hydrogen) atoms. The summed E-state index contributed by atoms with van der Waals surface area (Å²) in [7, 11) is 0. The zero-order valence-electron chi connectivity index (χ0n) is 7.59. The Morgan fingerprint density at radius 3 is 2.83 bits per heavy atom. The second-order valence-electron chi connectivity index (χ2n) is 3.70. The Bertz CT molecular complexity index is 128. The number of likely N-dealkylation sites (tertiary alicyclic amines) is 1. The molecule has 1 unspecified atom stereocenters. The minimum absolute atomic E-state index is 0.442. The first-order chi connectivity index (χ1) is 5.95. The van der Waals surface area contributed by atoms with Gasteiger partial charge in [-0.3, -0.25) is 0 Å². The lowest BCUT2D eigenvalue weighted by Crippen LogP contribution is -2.44. The summed E-state index contributed by atoms with van der Waals surface area (Å²) >= 11 is 0. The molecule has 70 valence electrons. The zero-order chi connectivity index (χ0) is 8.23. The van der Waals surface area contributed by atoms with Crippen LogP contribution in [0.1, 0.15) is 12.8 Å². The van der Waals surface area contributed by atoms with Gasteiger partial charge in [0.25, 0.3) is 0 Å². The Hall–Kier alpha value is -0.120. The van der Waals surface area contributed by atoms with Gasteiger partial charge in [0.1, 0.15) is 0 Å². The van der Waals surface area contributed by atoms with Gasteiger partial charge in [0.15, 0.2) is 0 Å². The number of hydrogen-bond acceptors (Lipinski definition) is 3. The van der Waals surface area contributed by atoms with Crippen molar-refractivity contribution in [3.8, 4) is 0 Å². The first-order valence-corrected chi connectivity index (χ1v) is 5.00. The molecule has 0 bridgehead atoms. The Labute approximate surface area is 74.1 Å². The molecule has 0 spiro atoms. The van der Waals surface area contributed by atoms with E-state index in [-0.39, 0.29) is 0 Å². The molecule has 1 N–H and O–H groups in total. The average molecular weight is 170 g/mol. The number of nitrogens with zero attached hydrogens (tertiary/aromatic N) is 1. The van der Waals surface area contributed by atoms with E-state index < -0.39 is 0 Å². The highest BCUT2D eigenvalue weighted by Crippen LogP contribution is 2.09. The zero-order valence-corrected chi connectivity index (χ0v) is 7.59. The van der Waals surface area contributed by atoms with Gasteiger partial charge in [0.2, 0.25) is 0 Å². The standard InChI is InChI=1S/C9H18N2O/c1-2-5-11(4-1)8-9-7-10-3-6-12-9/h9-10H,1-8H2. The first kappa shape index (κ1) is 8.48. The van der Waals surface area contributed by atoms with Crippen LogP contribution in [0, 0.1) is 0 Å². The summed E-state index contributed by atoms with van der Waals surface area (Å²) in [5.41, 5.74) is 0. The van der Waals surface area contributed by atoms with Crippen molar-refractivity contribution in [3.05, 3.63) is 0 Å². The van der Waals surface area contributed by atoms with Gasteiger partial charge in [-0.05, 0) is 25.9 Å². The van der Waals surface area contributed by atoms with Crippen LogP contribution in [0.2, 0.25) is 0 Å². The SMILES string of the molecule is C1CCN(CC2CNCCO2)C1. The summed E-state index contributed by atoms with van der Waals surface area (Å²) in [5, 5.41) is 3.36. The lowest BCUT2D eigenvalue weighted by molar-refractivity contribution is 0.00967. The van der Waals surface area contributed by atoms with E-state index in [0.717, 1.165) is 26.2 Å². The Balaban J connectivity index is 1.69. The number of hydrogen-bond donors (Lipinski definition) is 1. The molecule has 0 aromatic heterocycles. The fourth-order valence-electron chi connectivity index (χ4n) is 1.99. The van der Waals surface area contributed by atoms with E-state index in [1.165, 1.54) is 25.9 Å². The van der Waals surface area contributed by atoms with E-state index in [1.54, 1.807) is 0 Å². The third kappa shape index (κ3) is 2.19. The van der Waals surface area contributed by atoms with Crippen LogP contribution in [0.15, 0.2) is 0 Å². The number of nitrogens with one attached hydrogen (secondary N) is 1. The van der Waals surface area contributed by atoms with Gasteiger partial charge in [-0.15, -0.1) is 0 Å². The van der Waals surface area contributed by atoms with Crippen LogP contribution >= 0.6 is 0 Å². The van der Waals surface area contributed by atoms with Crippen LogP contribution in [0.5, 0.6) is 0 Å². The van der Waals surface area contributed by atoms with E-state index in [0.29, 0.717) is 6.10 Å². The van der Waals surface area contributed by atoms with E-state index in [1.807, 2.05) is 0 Å². The van der Waals surface area contributed by atoms with Crippen molar-refractivity contribution in [2.24, 2.45) is 0 Å². The molecule has 2 fully saturated rings. The summed E-state index contributed by atoms with van der Waals surface area (Å²) in [4.78, 5) is 2.51. The normalized spacial score (nSPS) is 32.5. The molecular formula is C9H18N2O. The molecule has 0 aromatic rings. The second kappa shape index (κ2) is 4.21. The van der Waals surface area contributed by atoms with Crippen LogP contribution in [0.3, 0.4) is 0 Å². The molecule has 2 rings (SSSR count). The number of rotatable bonds is 2. The first-order valence-electron chi connectivity index (χ1n) is 5.00. The minimum Gasteiger partial charge on any atom is -0.374 e. The van der Waals surface area contributed by atoms with Crippen molar-refractivity contribution in [3.63, 3.8) is 0 Å². The van der Waals surface area contributed by atoms with Crippen LogP contribution in [-0.4, -0.2) is 50.3 Å². The predicted molar refractivity (Wildman–Crippen MR) is 48.3 cm³/mol. The molecule has 0 radical (unpaired) electrons. The topological polar surface area (TPSA) is 24.5 Å². The summed E-state index contributed by atoms with van der Waals surface area (Å²) in [6.07, 6.45) is 3.19. The lowest BCUT2D eigenvalue weighted by Gasteiger charge is -2.27. The summed E-state index contributed by atoms with van der Waals surface area (Å²) in [6.45, 7) is 6.64. The van der Waals surface area contributed by atoms with E-state index >= 15 is 0 Å². The minimum atomic E-state index is 0.442. The second-order valence-corrected chi connectivity index (χ2v) is 3.70. The highest BCUT2D eigenvalue weighted by molar-refractivity contribution is 4.74. The molecule has 2 heterocycles. The molecule has 3 nitrogen and oxygen atoms in total. The predicted octanol–water partition coefficient (Wildman–Crippen LogP) is 0.0706. The Kier molecular flexibility index (Phi) is 2.98. The largest absolute Gasteiger partial charge is 0.374 e. The Morgan fingerprint density at radius 2 is 2.17 bits per heavy atom. The van der Waals surface area contributed by atoms with E-state index in [9.17, 15) is 0 Å². The molecule has 1 atom stereocenters. The van der Waals surface area contributed by atoms with Gasteiger partial charge in [0, 0.05) is 19.6 Å². The molecule has 2 aliphatic rings. The van der Waals surface area contributed by atoms with Crippen LogP contribution in [-0.2, 0) is 4.74 Å². The quantitative estimate of drug-likeness (QED) is 0.635. The summed E-state index contributed by atoms with van der Waals surface area (Å²) in [6, 6.07) is 0. The Morgan fingerprint density at radius 1 is 1.33 bits per heavy atom. The average Bonchev–Trinajstić information content (AvgIpc) is 2.59. The molecule has 2 saturated heterocycles. The van der Waals surface area contributed by atoms with E-state index in [2.05, 4.69) is 10.2 Å². The fraction of sp³-hybridized carbons (Fsp3) is 1.00. The van der Waals surface area contributed by atoms with Crippen LogP contribution in [0.4, 0.5) is 0 Å². The fourth-order valence-corrected chi connectivity index (χ4v) is 1.99. The monoisotopic (exact) mass is 170 g/mol. The smallest absolute Gasteiger partial charge is 0.0826 e. The maximum Gasteiger partial charge on any atom is 0.0826 e. The van der Waals surface area contributed by atoms with Crippen LogP contribution in [0.25, 0.3) is 0 Å². The van der Waals surface area contributed by atoms with Gasteiger partial charge in [0.05, 0.1) is 12.7 Å². The number of morpholine rings is 1. The molecule has 3 heteroatoms. The van der Waals surface area contributed by atoms with Crippen LogP contribution < -0.4 is 5.32 Å².